The summed E-state index contributed by atoms with van der Waals surface area (Å²) >= 11 is 0. The van der Waals surface area contributed by atoms with Gasteiger partial charge in [0.15, 0.2) is 0 Å². The summed E-state index contributed by atoms with van der Waals surface area (Å²) < 4.78 is 19.5. The molecule has 1 aromatic carbocycles. The zero-order chi connectivity index (χ0) is 20.1. The predicted octanol–water partition coefficient (Wildman–Crippen LogP) is 4.41. The number of amides is 1. The number of pyridine rings is 1. The van der Waals surface area contributed by atoms with Crippen LogP contribution < -0.4 is 10.2 Å². The zero-order valence-electron chi connectivity index (χ0n) is 16.0. The van der Waals surface area contributed by atoms with Crippen LogP contribution >= 0.6 is 0 Å². The normalized spacial score (nSPS) is 13.9. The number of nitrogens with zero attached hydrogens (tertiary/aromatic N) is 2. The monoisotopic (exact) mass is 391 g/mol. The fraction of sp³-hybridized carbons (Fsp3) is 0.217. The van der Waals surface area contributed by atoms with Crippen molar-refractivity contribution >= 4 is 17.8 Å². The first-order valence-electron chi connectivity index (χ1n) is 9.69. The van der Waals surface area contributed by atoms with E-state index in [1.165, 1.54) is 25.0 Å². The van der Waals surface area contributed by atoms with Crippen molar-refractivity contribution in [1.29, 1.82) is 0 Å². The van der Waals surface area contributed by atoms with Gasteiger partial charge < -0.3 is 14.6 Å². The Bertz CT molecular complexity index is 1020. The first kappa shape index (κ1) is 18.9. The number of rotatable bonds is 6. The number of halogens is 1. The molecule has 0 radical (unpaired) electrons. The van der Waals surface area contributed by atoms with Gasteiger partial charge in [0.1, 0.15) is 23.2 Å². The van der Waals surface area contributed by atoms with E-state index >= 15 is 0 Å². The lowest BCUT2D eigenvalue weighted by molar-refractivity contribution is -0.116. The Kier molecular flexibility index (Phi) is 5.70. The van der Waals surface area contributed by atoms with Crippen LogP contribution in [0.25, 0.3) is 17.4 Å². The predicted molar refractivity (Wildman–Crippen MR) is 111 cm³/mol. The van der Waals surface area contributed by atoms with Crippen molar-refractivity contribution in [2.45, 2.75) is 19.4 Å². The quantitative estimate of drug-likeness (QED) is 0.633. The molecule has 1 N–H and O–H groups in total. The van der Waals surface area contributed by atoms with Crippen LogP contribution in [0.1, 0.15) is 24.2 Å². The van der Waals surface area contributed by atoms with Crippen molar-refractivity contribution in [3.05, 3.63) is 77.9 Å². The number of hydrogen-bond donors (Lipinski definition) is 1. The fourth-order valence-corrected chi connectivity index (χ4v) is 3.34. The maximum Gasteiger partial charge on any atom is 0.244 e. The average Bonchev–Trinajstić information content (AvgIpc) is 3.44. The lowest BCUT2D eigenvalue weighted by Gasteiger charge is -2.16. The molecule has 1 aliphatic heterocycles. The Morgan fingerprint density at radius 3 is 2.83 bits per heavy atom. The van der Waals surface area contributed by atoms with Gasteiger partial charge in [-0.3, -0.25) is 4.79 Å². The smallest absolute Gasteiger partial charge is 0.244 e. The van der Waals surface area contributed by atoms with Gasteiger partial charge in [0.05, 0.1) is 5.56 Å². The van der Waals surface area contributed by atoms with Crippen molar-refractivity contribution in [1.82, 2.24) is 10.3 Å². The molecule has 3 heterocycles. The van der Waals surface area contributed by atoms with E-state index in [4.69, 9.17) is 4.42 Å². The maximum absolute atomic E-state index is 13.8. The van der Waals surface area contributed by atoms with Gasteiger partial charge in [0.25, 0.3) is 0 Å². The van der Waals surface area contributed by atoms with Gasteiger partial charge in [0, 0.05) is 31.9 Å². The van der Waals surface area contributed by atoms with Crippen molar-refractivity contribution in [3.63, 3.8) is 0 Å². The summed E-state index contributed by atoms with van der Waals surface area (Å²) in [6.07, 6.45) is 7.14. The summed E-state index contributed by atoms with van der Waals surface area (Å²) in [7, 11) is 0. The van der Waals surface area contributed by atoms with Crippen molar-refractivity contribution in [3.8, 4) is 11.3 Å². The molecular formula is C23H22FN3O2. The van der Waals surface area contributed by atoms with Crippen LogP contribution in [-0.4, -0.2) is 24.0 Å². The molecule has 3 aromatic rings. The number of furan rings is 1. The van der Waals surface area contributed by atoms with Crippen LogP contribution in [0.3, 0.4) is 0 Å². The van der Waals surface area contributed by atoms with Gasteiger partial charge in [0.2, 0.25) is 5.91 Å². The number of carbonyl (C=O) groups excluding carboxylic acids is 1. The number of carbonyl (C=O) groups is 1. The third-order valence-electron chi connectivity index (χ3n) is 4.87. The Morgan fingerprint density at radius 2 is 2.00 bits per heavy atom. The van der Waals surface area contributed by atoms with Gasteiger partial charge >= 0.3 is 0 Å². The highest BCUT2D eigenvalue weighted by Gasteiger charge is 2.13. The van der Waals surface area contributed by atoms with Gasteiger partial charge in [-0.2, -0.15) is 0 Å². The van der Waals surface area contributed by atoms with E-state index in [2.05, 4.69) is 15.2 Å². The molecule has 1 aliphatic rings. The third kappa shape index (κ3) is 4.71. The van der Waals surface area contributed by atoms with E-state index in [0.717, 1.165) is 24.5 Å². The second kappa shape index (κ2) is 8.73. The van der Waals surface area contributed by atoms with Gasteiger partial charge in [-0.05, 0) is 60.9 Å². The van der Waals surface area contributed by atoms with Crippen LogP contribution in [0.4, 0.5) is 10.2 Å². The van der Waals surface area contributed by atoms with Crippen molar-refractivity contribution in [2.75, 3.05) is 18.0 Å². The Labute approximate surface area is 168 Å². The van der Waals surface area contributed by atoms with E-state index in [0.29, 0.717) is 23.6 Å². The third-order valence-corrected chi connectivity index (χ3v) is 4.87. The summed E-state index contributed by atoms with van der Waals surface area (Å²) in [5.74, 6) is 1.29. The Balaban J connectivity index is 1.34. The van der Waals surface area contributed by atoms with E-state index in [1.807, 2.05) is 12.1 Å². The molecule has 0 aliphatic carbocycles. The molecule has 0 unspecified atom stereocenters. The molecule has 6 heteroatoms. The van der Waals surface area contributed by atoms with E-state index in [-0.39, 0.29) is 11.7 Å². The molecular weight excluding hydrogens is 369 g/mol. The molecule has 0 spiro atoms. The van der Waals surface area contributed by atoms with Gasteiger partial charge in [-0.1, -0.05) is 12.1 Å². The van der Waals surface area contributed by atoms with Crippen LogP contribution in [0, 0.1) is 5.82 Å². The SMILES string of the molecule is O=C(/C=C/c1ccc(-c2ccccc2F)o1)NCc1ccnc(N2CCCC2)c1. The summed E-state index contributed by atoms with van der Waals surface area (Å²) in [4.78, 5) is 18.8. The molecule has 0 bridgehead atoms. The van der Waals surface area contributed by atoms with Gasteiger partial charge in [-0.25, -0.2) is 9.37 Å². The first-order chi connectivity index (χ1) is 14.2. The average molecular weight is 391 g/mol. The number of benzene rings is 1. The molecule has 1 fully saturated rings. The number of hydrogen-bond acceptors (Lipinski definition) is 4. The van der Waals surface area contributed by atoms with Crippen molar-refractivity contribution < 1.29 is 13.6 Å². The molecule has 148 valence electrons. The Morgan fingerprint density at radius 1 is 1.17 bits per heavy atom. The highest BCUT2D eigenvalue weighted by Crippen LogP contribution is 2.25. The summed E-state index contributed by atoms with van der Waals surface area (Å²) in [5, 5.41) is 2.86. The number of aromatic nitrogens is 1. The minimum atomic E-state index is -0.347. The maximum atomic E-state index is 13.8. The second-order valence-corrected chi connectivity index (χ2v) is 6.95. The summed E-state index contributed by atoms with van der Waals surface area (Å²) in [6, 6.07) is 13.7. The summed E-state index contributed by atoms with van der Waals surface area (Å²) in [5.41, 5.74) is 1.39. The van der Waals surface area contributed by atoms with Gasteiger partial charge in [-0.15, -0.1) is 0 Å². The van der Waals surface area contributed by atoms with E-state index < -0.39 is 0 Å². The second-order valence-electron chi connectivity index (χ2n) is 6.95. The minimum absolute atomic E-state index is 0.228. The minimum Gasteiger partial charge on any atom is -0.457 e. The van der Waals surface area contributed by atoms with E-state index in [9.17, 15) is 9.18 Å². The van der Waals surface area contributed by atoms with Crippen molar-refractivity contribution in [2.24, 2.45) is 0 Å². The Hall–Kier alpha value is -3.41. The van der Waals surface area contributed by atoms with E-state index in [1.54, 1.807) is 42.6 Å². The lowest BCUT2D eigenvalue weighted by atomic mass is 10.1. The number of anilines is 1. The lowest BCUT2D eigenvalue weighted by Crippen LogP contribution is -2.22. The topological polar surface area (TPSA) is 58.4 Å². The van der Waals surface area contributed by atoms with Crippen LogP contribution in [-0.2, 0) is 11.3 Å². The van der Waals surface area contributed by atoms with Crippen LogP contribution in [0.2, 0.25) is 0 Å². The molecule has 0 saturated carbocycles. The molecule has 29 heavy (non-hydrogen) atoms. The molecule has 2 aromatic heterocycles. The highest BCUT2D eigenvalue weighted by atomic mass is 19.1. The van der Waals surface area contributed by atoms with Crippen LogP contribution in [0.5, 0.6) is 0 Å². The summed E-state index contributed by atoms with van der Waals surface area (Å²) in [6.45, 7) is 2.48. The molecule has 1 saturated heterocycles. The van der Waals surface area contributed by atoms with Crippen LogP contribution in [0.15, 0.2) is 65.2 Å². The molecule has 0 atom stereocenters. The first-order valence-corrected chi connectivity index (χ1v) is 9.69. The molecule has 1 amide bonds. The number of nitrogens with one attached hydrogen (secondary N) is 1. The molecule has 4 rings (SSSR count). The largest absolute Gasteiger partial charge is 0.457 e. The standard InChI is InChI=1S/C23H22FN3O2/c24-20-6-2-1-5-19(20)21-9-7-18(29-21)8-10-23(28)26-16-17-11-12-25-22(15-17)27-13-3-4-14-27/h1-2,5-12,15H,3-4,13-14,16H2,(H,26,28)/b10-8+. The fourth-order valence-electron chi connectivity index (χ4n) is 3.34. The highest BCUT2D eigenvalue weighted by molar-refractivity contribution is 5.91. The zero-order valence-corrected chi connectivity index (χ0v) is 16.0. The molecule has 5 nitrogen and oxygen atoms in total.